The van der Waals surface area contributed by atoms with Crippen molar-refractivity contribution in [3.63, 3.8) is 0 Å². The molecule has 0 bridgehead atoms. The molecule has 3 aliphatic heterocycles. The van der Waals surface area contributed by atoms with Crippen LogP contribution in [0.25, 0.3) is 5.52 Å². The summed E-state index contributed by atoms with van der Waals surface area (Å²) in [6.07, 6.45) is 8.05. The number of pyridine rings is 1. The third kappa shape index (κ3) is 3.88. The molecule has 35 heavy (non-hydrogen) atoms. The highest BCUT2D eigenvalue weighted by molar-refractivity contribution is 5.71. The summed E-state index contributed by atoms with van der Waals surface area (Å²) in [5.74, 6) is -0.983. The zero-order valence-electron chi connectivity index (χ0n) is 19.4. The minimum Gasteiger partial charge on any atom is -0.377 e. The van der Waals surface area contributed by atoms with E-state index < -0.39 is 11.6 Å². The molecule has 2 aromatic heterocycles. The van der Waals surface area contributed by atoms with E-state index in [-0.39, 0.29) is 18.2 Å². The number of fused-ring (bicyclic) bond motifs is 1. The van der Waals surface area contributed by atoms with Gasteiger partial charge < -0.3 is 15.1 Å². The molecule has 9 heteroatoms. The van der Waals surface area contributed by atoms with E-state index >= 15 is 0 Å². The number of nitrogens with zero attached hydrogens (tertiary/aromatic N) is 6. The van der Waals surface area contributed by atoms with E-state index in [0.29, 0.717) is 5.56 Å². The molecule has 0 amide bonds. The van der Waals surface area contributed by atoms with E-state index in [1.54, 1.807) is 6.20 Å². The van der Waals surface area contributed by atoms with Crippen LogP contribution in [0.3, 0.4) is 0 Å². The Bertz CT molecular complexity index is 1310. The van der Waals surface area contributed by atoms with E-state index in [2.05, 4.69) is 37.3 Å². The summed E-state index contributed by atoms with van der Waals surface area (Å²) in [4.78, 5) is 6.80. The summed E-state index contributed by atoms with van der Waals surface area (Å²) in [6, 6.07) is 8.48. The Kier molecular flexibility index (Phi) is 5.53. The number of nitriles is 1. The minimum atomic E-state index is -0.491. The van der Waals surface area contributed by atoms with E-state index in [1.165, 1.54) is 36.7 Å². The van der Waals surface area contributed by atoms with Crippen molar-refractivity contribution in [2.45, 2.75) is 25.4 Å². The van der Waals surface area contributed by atoms with Gasteiger partial charge in [0, 0.05) is 63.1 Å². The maximum Gasteiger partial charge on any atom is 0.130 e. The molecule has 180 valence electrons. The molecule has 5 heterocycles. The summed E-state index contributed by atoms with van der Waals surface area (Å²) < 4.78 is 30.0. The van der Waals surface area contributed by atoms with Crippen LogP contribution in [0.2, 0.25) is 0 Å². The number of hydrogen-bond donors (Lipinski definition) is 1. The van der Waals surface area contributed by atoms with E-state index in [9.17, 15) is 14.0 Å². The highest BCUT2D eigenvalue weighted by Crippen LogP contribution is 2.37. The van der Waals surface area contributed by atoms with Gasteiger partial charge in [-0.3, -0.25) is 4.90 Å². The summed E-state index contributed by atoms with van der Waals surface area (Å²) in [6.45, 7) is 5.31. The standard InChI is InChI=1S/C26H27F2N7/c27-22-4-3-5-23(28)21(22)17-32-8-10-34(11-9-32)24-15-30-25(24)20-12-19(33-6-1-2-7-33)16-35-26(20)18(13-29)14-31-35/h3-5,12,14-16,25,30H,1-2,6-11,17H2/t25-/m1/s1. The van der Waals surface area contributed by atoms with Crippen LogP contribution in [0.5, 0.6) is 0 Å². The van der Waals surface area contributed by atoms with Gasteiger partial charge in [0.2, 0.25) is 0 Å². The molecule has 3 aliphatic rings. The Morgan fingerprint density at radius 3 is 2.43 bits per heavy atom. The molecule has 6 rings (SSSR count). The van der Waals surface area contributed by atoms with Crippen LogP contribution < -0.4 is 10.2 Å². The van der Waals surface area contributed by atoms with E-state index in [0.717, 1.165) is 56.0 Å². The second-order valence-electron chi connectivity index (χ2n) is 9.44. The van der Waals surface area contributed by atoms with Crippen molar-refractivity contribution in [1.82, 2.24) is 24.7 Å². The molecule has 0 aliphatic carbocycles. The summed E-state index contributed by atoms with van der Waals surface area (Å²) in [7, 11) is 0. The van der Waals surface area contributed by atoms with Gasteiger partial charge >= 0.3 is 0 Å². The number of aromatic nitrogens is 2. The molecule has 2 fully saturated rings. The Balaban J connectivity index is 1.21. The highest BCUT2D eigenvalue weighted by Gasteiger charge is 2.33. The molecule has 1 aromatic carbocycles. The average Bonchev–Trinajstić information content (AvgIpc) is 3.52. The van der Waals surface area contributed by atoms with Crippen LogP contribution in [0.15, 0.2) is 48.6 Å². The van der Waals surface area contributed by atoms with Gasteiger partial charge in [0.25, 0.3) is 0 Å². The molecule has 2 saturated heterocycles. The number of anilines is 1. The number of piperazine rings is 1. The van der Waals surface area contributed by atoms with Crippen LogP contribution in [0.1, 0.15) is 35.6 Å². The predicted octanol–water partition coefficient (Wildman–Crippen LogP) is 3.39. The molecule has 1 N–H and O–H groups in total. The zero-order chi connectivity index (χ0) is 23.9. The quantitative estimate of drug-likeness (QED) is 0.611. The maximum atomic E-state index is 14.1. The van der Waals surface area contributed by atoms with Gasteiger partial charge in [-0.15, -0.1) is 0 Å². The van der Waals surface area contributed by atoms with Gasteiger partial charge in [-0.05, 0) is 31.0 Å². The van der Waals surface area contributed by atoms with Crippen molar-refractivity contribution in [3.8, 4) is 6.07 Å². The molecule has 0 unspecified atom stereocenters. The van der Waals surface area contributed by atoms with Crippen LogP contribution in [-0.4, -0.2) is 58.7 Å². The normalized spacial score (nSPS) is 20.5. The van der Waals surface area contributed by atoms with Crippen LogP contribution in [-0.2, 0) is 6.54 Å². The van der Waals surface area contributed by atoms with E-state index in [4.69, 9.17) is 0 Å². The lowest BCUT2D eigenvalue weighted by Crippen LogP contribution is -2.49. The van der Waals surface area contributed by atoms with Crippen molar-refractivity contribution in [2.24, 2.45) is 0 Å². The van der Waals surface area contributed by atoms with Gasteiger partial charge in [0.1, 0.15) is 17.7 Å². The second kappa shape index (κ2) is 8.86. The lowest BCUT2D eigenvalue weighted by Gasteiger charge is -2.43. The van der Waals surface area contributed by atoms with E-state index in [1.807, 2.05) is 16.9 Å². The number of benzene rings is 1. The fourth-order valence-corrected chi connectivity index (χ4v) is 5.42. The fraction of sp³-hybridized carbons (Fsp3) is 0.385. The average molecular weight is 476 g/mol. The Morgan fingerprint density at radius 2 is 1.77 bits per heavy atom. The Hall–Kier alpha value is -3.64. The SMILES string of the molecule is N#Cc1cnn2cc(N3CCCC3)cc([C@H]3NC=C3N3CCN(Cc4c(F)cccc4F)CC3)c12. The van der Waals surface area contributed by atoms with Gasteiger partial charge in [-0.1, -0.05) is 6.07 Å². The summed E-state index contributed by atoms with van der Waals surface area (Å²) in [5, 5.41) is 17.6. The largest absolute Gasteiger partial charge is 0.377 e. The molecule has 0 radical (unpaired) electrons. The van der Waals surface area contributed by atoms with Crippen LogP contribution in [0, 0.1) is 23.0 Å². The van der Waals surface area contributed by atoms with Gasteiger partial charge in [-0.2, -0.15) is 10.4 Å². The maximum absolute atomic E-state index is 14.1. The van der Waals surface area contributed by atoms with Crippen molar-refractivity contribution < 1.29 is 8.78 Å². The lowest BCUT2D eigenvalue weighted by atomic mass is 9.96. The zero-order valence-corrected chi connectivity index (χ0v) is 19.4. The van der Waals surface area contributed by atoms with Crippen LogP contribution >= 0.6 is 0 Å². The minimum absolute atomic E-state index is 0.0283. The summed E-state index contributed by atoms with van der Waals surface area (Å²) >= 11 is 0. The van der Waals surface area contributed by atoms with Gasteiger partial charge in [0.05, 0.1) is 40.9 Å². The first-order valence-corrected chi connectivity index (χ1v) is 12.1. The smallest absolute Gasteiger partial charge is 0.130 e. The monoisotopic (exact) mass is 475 g/mol. The molecule has 1 atom stereocenters. The van der Waals surface area contributed by atoms with Gasteiger partial charge in [-0.25, -0.2) is 13.3 Å². The predicted molar refractivity (Wildman–Crippen MR) is 129 cm³/mol. The number of nitrogens with one attached hydrogen (secondary N) is 1. The molecule has 0 saturated carbocycles. The molecule has 7 nitrogen and oxygen atoms in total. The third-order valence-corrected chi connectivity index (χ3v) is 7.40. The first-order valence-electron chi connectivity index (χ1n) is 12.1. The molecule has 3 aromatic rings. The van der Waals surface area contributed by atoms with Crippen molar-refractivity contribution in [2.75, 3.05) is 44.2 Å². The van der Waals surface area contributed by atoms with Crippen molar-refractivity contribution in [1.29, 1.82) is 5.26 Å². The molecule has 0 spiro atoms. The van der Waals surface area contributed by atoms with Crippen molar-refractivity contribution >= 4 is 11.2 Å². The highest BCUT2D eigenvalue weighted by atomic mass is 19.1. The number of hydrogen-bond acceptors (Lipinski definition) is 6. The number of halogens is 2. The van der Waals surface area contributed by atoms with Crippen molar-refractivity contribution in [3.05, 3.63) is 76.9 Å². The summed E-state index contributed by atoms with van der Waals surface area (Å²) in [5.41, 5.74) is 4.89. The Morgan fingerprint density at radius 1 is 1.03 bits per heavy atom. The Labute approximate surface area is 202 Å². The lowest BCUT2D eigenvalue weighted by molar-refractivity contribution is 0.138. The second-order valence-corrected chi connectivity index (χ2v) is 9.44. The fourth-order valence-electron chi connectivity index (χ4n) is 5.42. The first kappa shape index (κ1) is 21.9. The molecular formula is C26H27F2N7. The molecular weight excluding hydrogens is 448 g/mol. The van der Waals surface area contributed by atoms with Gasteiger partial charge in [0.15, 0.2) is 0 Å². The third-order valence-electron chi connectivity index (χ3n) is 7.40. The first-order chi connectivity index (χ1) is 17.1. The topological polar surface area (TPSA) is 62.8 Å². The van der Waals surface area contributed by atoms with Crippen LogP contribution in [0.4, 0.5) is 14.5 Å². The number of rotatable bonds is 5.